The summed E-state index contributed by atoms with van der Waals surface area (Å²) in [5.41, 5.74) is 3.60. The molecule has 0 fully saturated rings. The summed E-state index contributed by atoms with van der Waals surface area (Å²) in [4.78, 5) is 0. The Morgan fingerprint density at radius 3 is 2.81 bits per heavy atom. The molecule has 0 aliphatic heterocycles. The van der Waals surface area contributed by atoms with Crippen LogP contribution in [0.1, 0.15) is 23.6 Å². The van der Waals surface area contributed by atoms with Crippen LogP contribution in [0.5, 0.6) is 0 Å². The van der Waals surface area contributed by atoms with Gasteiger partial charge in [0, 0.05) is 31.5 Å². The molecule has 0 spiro atoms. The molecule has 0 aliphatic carbocycles. The number of hydrogen-bond acceptors (Lipinski definition) is 4. The maximum absolute atomic E-state index is 8.87. The van der Waals surface area contributed by atoms with Crippen LogP contribution in [0, 0.1) is 0 Å². The first-order valence-corrected chi connectivity index (χ1v) is 7.31. The van der Waals surface area contributed by atoms with Gasteiger partial charge in [-0.05, 0) is 18.1 Å². The average molecular weight is 289 g/mol. The lowest BCUT2D eigenvalue weighted by molar-refractivity contribution is 0.133. The molecule has 21 heavy (non-hydrogen) atoms. The van der Waals surface area contributed by atoms with Crippen molar-refractivity contribution in [2.45, 2.75) is 33.2 Å². The fourth-order valence-corrected chi connectivity index (χ4v) is 2.15. The fraction of sp³-hybridized carbons (Fsp3) is 0.438. The average Bonchev–Trinajstić information content (AvgIpc) is 2.94. The number of hydrogen-bond donors (Lipinski definition) is 2. The smallest absolute Gasteiger partial charge is 0.0719 e. The van der Waals surface area contributed by atoms with E-state index in [1.54, 1.807) is 4.68 Å². The summed E-state index contributed by atoms with van der Waals surface area (Å²) >= 11 is 0. The number of benzene rings is 1. The molecule has 0 radical (unpaired) electrons. The SMILES string of the molecule is CCOCc1ccccc1CNCc1cnn(CCO)c1. The Labute approximate surface area is 125 Å². The van der Waals surface area contributed by atoms with Gasteiger partial charge in [0.25, 0.3) is 0 Å². The molecule has 1 aromatic heterocycles. The van der Waals surface area contributed by atoms with Gasteiger partial charge in [0.15, 0.2) is 0 Å². The molecule has 114 valence electrons. The predicted octanol–water partition coefficient (Wildman–Crippen LogP) is 1.70. The van der Waals surface area contributed by atoms with Crippen molar-refractivity contribution in [3.8, 4) is 0 Å². The van der Waals surface area contributed by atoms with Crippen molar-refractivity contribution >= 4 is 0 Å². The molecular formula is C16H23N3O2. The highest BCUT2D eigenvalue weighted by Gasteiger charge is 2.02. The fourth-order valence-electron chi connectivity index (χ4n) is 2.15. The summed E-state index contributed by atoms with van der Waals surface area (Å²) in [5.74, 6) is 0. The normalized spacial score (nSPS) is 11.0. The molecule has 0 aliphatic rings. The minimum absolute atomic E-state index is 0.110. The molecule has 1 aromatic carbocycles. The number of nitrogens with one attached hydrogen (secondary N) is 1. The third kappa shape index (κ3) is 4.97. The van der Waals surface area contributed by atoms with E-state index in [0.29, 0.717) is 13.2 Å². The quantitative estimate of drug-likeness (QED) is 0.738. The predicted molar refractivity (Wildman–Crippen MR) is 81.6 cm³/mol. The Kier molecular flexibility index (Phi) is 6.40. The first-order valence-electron chi connectivity index (χ1n) is 7.31. The first kappa shape index (κ1) is 15.7. The number of aromatic nitrogens is 2. The molecule has 2 rings (SSSR count). The van der Waals surface area contributed by atoms with Gasteiger partial charge in [-0.1, -0.05) is 24.3 Å². The highest BCUT2D eigenvalue weighted by Crippen LogP contribution is 2.10. The monoisotopic (exact) mass is 289 g/mol. The molecular weight excluding hydrogens is 266 g/mol. The lowest BCUT2D eigenvalue weighted by atomic mass is 10.1. The largest absolute Gasteiger partial charge is 0.394 e. The molecule has 0 amide bonds. The number of aliphatic hydroxyl groups is 1. The van der Waals surface area contributed by atoms with Crippen molar-refractivity contribution in [2.24, 2.45) is 0 Å². The topological polar surface area (TPSA) is 59.3 Å². The summed E-state index contributed by atoms with van der Waals surface area (Å²) in [6, 6.07) is 8.31. The van der Waals surface area contributed by atoms with E-state index in [4.69, 9.17) is 9.84 Å². The van der Waals surface area contributed by atoms with E-state index in [2.05, 4.69) is 22.5 Å². The van der Waals surface area contributed by atoms with Crippen molar-refractivity contribution in [2.75, 3.05) is 13.2 Å². The lowest BCUT2D eigenvalue weighted by Crippen LogP contribution is -2.14. The Balaban J connectivity index is 1.84. The summed E-state index contributed by atoms with van der Waals surface area (Å²) in [6.07, 6.45) is 3.78. The van der Waals surface area contributed by atoms with Crippen LogP contribution in [0.4, 0.5) is 0 Å². The van der Waals surface area contributed by atoms with E-state index in [-0.39, 0.29) is 6.61 Å². The molecule has 0 atom stereocenters. The number of aliphatic hydroxyl groups excluding tert-OH is 1. The molecule has 0 saturated carbocycles. The Morgan fingerprint density at radius 2 is 2.05 bits per heavy atom. The van der Waals surface area contributed by atoms with Crippen LogP contribution in [0.2, 0.25) is 0 Å². The van der Waals surface area contributed by atoms with Gasteiger partial charge in [0.05, 0.1) is 26.0 Å². The van der Waals surface area contributed by atoms with Crippen LogP contribution in [0.3, 0.4) is 0 Å². The lowest BCUT2D eigenvalue weighted by Gasteiger charge is -2.10. The molecule has 0 unspecified atom stereocenters. The molecule has 2 aromatic rings. The number of nitrogens with zero attached hydrogens (tertiary/aromatic N) is 2. The van der Waals surface area contributed by atoms with Crippen LogP contribution in [-0.2, 0) is 31.0 Å². The van der Waals surface area contributed by atoms with E-state index >= 15 is 0 Å². The van der Waals surface area contributed by atoms with Gasteiger partial charge in [0.2, 0.25) is 0 Å². The zero-order chi connectivity index (χ0) is 14.9. The van der Waals surface area contributed by atoms with Crippen molar-refractivity contribution in [1.29, 1.82) is 0 Å². The van der Waals surface area contributed by atoms with Crippen LogP contribution in [0.25, 0.3) is 0 Å². The summed E-state index contributed by atoms with van der Waals surface area (Å²) in [6.45, 7) is 5.60. The Hall–Kier alpha value is -1.69. The van der Waals surface area contributed by atoms with Gasteiger partial charge in [0.1, 0.15) is 0 Å². The second kappa shape index (κ2) is 8.56. The van der Waals surface area contributed by atoms with Crippen LogP contribution in [-0.4, -0.2) is 28.1 Å². The summed E-state index contributed by atoms with van der Waals surface area (Å²) < 4.78 is 7.24. The van der Waals surface area contributed by atoms with E-state index in [0.717, 1.165) is 25.3 Å². The second-order valence-corrected chi connectivity index (χ2v) is 4.84. The molecule has 0 bridgehead atoms. The van der Waals surface area contributed by atoms with Crippen molar-refractivity contribution in [1.82, 2.24) is 15.1 Å². The third-order valence-electron chi connectivity index (χ3n) is 3.24. The molecule has 2 N–H and O–H groups in total. The molecule has 5 nitrogen and oxygen atoms in total. The van der Waals surface area contributed by atoms with Crippen molar-refractivity contribution < 1.29 is 9.84 Å². The molecule has 1 heterocycles. The maximum atomic E-state index is 8.87. The van der Waals surface area contributed by atoms with Gasteiger partial charge in [-0.25, -0.2) is 0 Å². The van der Waals surface area contributed by atoms with Crippen LogP contribution in [0.15, 0.2) is 36.7 Å². The standard InChI is InChI=1S/C16H23N3O2/c1-2-21-13-16-6-4-3-5-15(16)11-17-9-14-10-18-19(12-14)7-8-20/h3-6,10,12,17,20H,2,7-9,11,13H2,1H3. The van der Waals surface area contributed by atoms with Gasteiger partial charge >= 0.3 is 0 Å². The highest BCUT2D eigenvalue weighted by molar-refractivity contribution is 5.26. The minimum Gasteiger partial charge on any atom is -0.394 e. The maximum Gasteiger partial charge on any atom is 0.0719 e. The highest BCUT2D eigenvalue weighted by atomic mass is 16.5. The van der Waals surface area contributed by atoms with Gasteiger partial charge in [-0.3, -0.25) is 4.68 Å². The number of ether oxygens (including phenoxy) is 1. The Morgan fingerprint density at radius 1 is 1.24 bits per heavy atom. The summed E-state index contributed by atoms with van der Waals surface area (Å²) in [5, 5.41) is 16.5. The second-order valence-electron chi connectivity index (χ2n) is 4.84. The third-order valence-corrected chi connectivity index (χ3v) is 3.24. The zero-order valence-corrected chi connectivity index (χ0v) is 12.5. The first-order chi connectivity index (χ1) is 10.3. The van der Waals surface area contributed by atoms with Crippen molar-refractivity contribution in [3.63, 3.8) is 0 Å². The minimum atomic E-state index is 0.110. The van der Waals surface area contributed by atoms with Gasteiger partial charge in [-0.15, -0.1) is 0 Å². The Bertz CT molecular complexity index is 540. The molecule has 5 heteroatoms. The van der Waals surface area contributed by atoms with E-state index in [1.807, 2.05) is 31.5 Å². The van der Waals surface area contributed by atoms with E-state index in [9.17, 15) is 0 Å². The van der Waals surface area contributed by atoms with Crippen LogP contribution >= 0.6 is 0 Å². The summed E-state index contributed by atoms with van der Waals surface area (Å²) in [7, 11) is 0. The van der Waals surface area contributed by atoms with E-state index < -0.39 is 0 Å². The van der Waals surface area contributed by atoms with Crippen molar-refractivity contribution in [3.05, 3.63) is 53.3 Å². The van der Waals surface area contributed by atoms with Crippen LogP contribution < -0.4 is 5.32 Å². The van der Waals surface area contributed by atoms with Gasteiger partial charge < -0.3 is 15.2 Å². The van der Waals surface area contributed by atoms with E-state index in [1.165, 1.54) is 11.1 Å². The zero-order valence-electron chi connectivity index (χ0n) is 12.5. The van der Waals surface area contributed by atoms with Gasteiger partial charge in [-0.2, -0.15) is 5.10 Å². The number of rotatable bonds is 9. The molecule has 0 saturated heterocycles.